The third-order valence-corrected chi connectivity index (χ3v) is 4.93. The van der Waals surface area contributed by atoms with E-state index in [2.05, 4.69) is 91.9 Å². The summed E-state index contributed by atoms with van der Waals surface area (Å²) in [5.74, 6) is 0.387. The van der Waals surface area contributed by atoms with Crippen LogP contribution in [-0.4, -0.2) is 0 Å². The molecule has 0 fully saturated rings. The van der Waals surface area contributed by atoms with Gasteiger partial charge in [-0.15, -0.1) is 0 Å². The highest BCUT2D eigenvalue weighted by molar-refractivity contribution is 5.89. The number of hydrogen-bond acceptors (Lipinski definition) is 0. The number of hydrogen-bond donors (Lipinski definition) is 0. The molecule has 0 bridgehead atoms. The molecule has 0 radical (unpaired) electrons. The van der Waals surface area contributed by atoms with E-state index in [1.165, 1.54) is 34.2 Å². The van der Waals surface area contributed by atoms with Crippen molar-refractivity contribution >= 4 is 5.57 Å². The van der Waals surface area contributed by atoms with Gasteiger partial charge in [-0.1, -0.05) is 98.3 Å². The van der Waals surface area contributed by atoms with E-state index in [1.807, 2.05) is 0 Å². The van der Waals surface area contributed by atoms with Crippen molar-refractivity contribution in [2.75, 3.05) is 0 Å². The minimum absolute atomic E-state index is 0.387. The summed E-state index contributed by atoms with van der Waals surface area (Å²) in [4.78, 5) is 0. The summed E-state index contributed by atoms with van der Waals surface area (Å²) in [5.41, 5.74) is 8.61. The van der Waals surface area contributed by atoms with E-state index in [9.17, 15) is 0 Å². The second kappa shape index (κ2) is 6.49. The van der Waals surface area contributed by atoms with E-state index in [0.29, 0.717) is 5.92 Å². The summed E-state index contributed by atoms with van der Waals surface area (Å²) >= 11 is 0. The van der Waals surface area contributed by atoms with E-state index in [4.69, 9.17) is 0 Å². The molecule has 0 nitrogen and oxygen atoms in total. The van der Waals surface area contributed by atoms with Crippen molar-refractivity contribution in [2.45, 2.75) is 25.7 Å². The molecule has 0 N–H and O–H groups in total. The van der Waals surface area contributed by atoms with Gasteiger partial charge in [0.25, 0.3) is 0 Å². The van der Waals surface area contributed by atoms with Gasteiger partial charge in [0.15, 0.2) is 0 Å². The van der Waals surface area contributed by atoms with Gasteiger partial charge >= 0.3 is 0 Å². The monoisotopic (exact) mass is 310 g/mol. The molecule has 0 aromatic heterocycles. The van der Waals surface area contributed by atoms with Gasteiger partial charge in [-0.25, -0.2) is 0 Å². The van der Waals surface area contributed by atoms with Crippen LogP contribution >= 0.6 is 0 Å². The number of benzene rings is 3. The highest BCUT2D eigenvalue weighted by Gasteiger charge is 2.31. The minimum Gasteiger partial charge on any atom is -0.0651 e. The van der Waals surface area contributed by atoms with Crippen molar-refractivity contribution in [2.24, 2.45) is 0 Å². The van der Waals surface area contributed by atoms with Crippen molar-refractivity contribution in [3.63, 3.8) is 0 Å². The molecule has 1 aliphatic rings. The second-order valence-corrected chi connectivity index (χ2v) is 6.45. The summed E-state index contributed by atoms with van der Waals surface area (Å²) in [6, 6.07) is 30.8. The summed E-state index contributed by atoms with van der Waals surface area (Å²) in [7, 11) is 0. The van der Waals surface area contributed by atoms with Crippen molar-refractivity contribution in [1.29, 1.82) is 0 Å². The standard InChI is InChI=1S/C24H22/c1-2-11-22-23(18-12-5-3-6-13-18)20-16-9-10-17-21(20)24(22)19-14-7-4-8-15-19/h3-10,12-17,23H,2,11H2,1H3. The normalized spacial score (nSPS) is 16.3. The predicted octanol–water partition coefficient (Wildman–Crippen LogP) is 6.43. The zero-order chi connectivity index (χ0) is 16.4. The van der Waals surface area contributed by atoms with Crippen LogP contribution in [0, 0.1) is 0 Å². The Morgan fingerprint density at radius 2 is 1.33 bits per heavy atom. The first-order valence-corrected chi connectivity index (χ1v) is 8.83. The maximum Gasteiger partial charge on any atom is 0.0314 e. The molecule has 3 aromatic rings. The van der Waals surface area contributed by atoms with E-state index in [-0.39, 0.29) is 0 Å². The Kier molecular flexibility index (Phi) is 4.04. The van der Waals surface area contributed by atoms with Crippen LogP contribution in [0.2, 0.25) is 0 Å². The van der Waals surface area contributed by atoms with E-state index in [1.54, 1.807) is 5.57 Å². The Hall–Kier alpha value is -2.60. The second-order valence-electron chi connectivity index (χ2n) is 6.45. The van der Waals surface area contributed by atoms with Crippen LogP contribution in [0.3, 0.4) is 0 Å². The lowest BCUT2D eigenvalue weighted by Crippen LogP contribution is -2.01. The van der Waals surface area contributed by atoms with Gasteiger partial charge in [0.05, 0.1) is 0 Å². The lowest BCUT2D eigenvalue weighted by atomic mass is 9.86. The first-order valence-electron chi connectivity index (χ1n) is 8.83. The minimum atomic E-state index is 0.387. The summed E-state index contributed by atoms with van der Waals surface area (Å²) in [6.45, 7) is 2.28. The van der Waals surface area contributed by atoms with Crippen LogP contribution in [0.15, 0.2) is 90.5 Å². The fourth-order valence-corrected chi connectivity index (χ4v) is 3.99. The van der Waals surface area contributed by atoms with Crippen LogP contribution in [0.5, 0.6) is 0 Å². The summed E-state index contributed by atoms with van der Waals surface area (Å²) in [6.07, 6.45) is 2.31. The van der Waals surface area contributed by atoms with Crippen LogP contribution in [0.1, 0.15) is 47.9 Å². The molecular formula is C24H22. The molecule has 0 aliphatic heterocycles. The smallest absolute Gasteiger partial charge is 0.0314 e. The van der Waals surface area contributed by atoms with Gasteiger partial charge in [-0.05, 0) is 39.8 Å². The van der Waals surface area contributed by atoms with Crippen molar-refractivity contribution in [3.8, 4) is 0 Å². The highest BCUT2D eigenvalue weighted by atomic mass is 14.3. The molecule has 0 heterocycles. The molecule has 24 heavy (non-hydrogen) atoms. The van der Waals surface area contributed by atoms with Gasteiger partial charge in [-0.2, -0.15) is 0 Å². The van der Waals surface area contributed by atoms with Crippen LogP contribution < -0.4 is 0 Å². The molecule has 0 saturated heterocycles. The van der Waals surface area contributed by atoms with Crippen molar-refractivity contribution < 1.29 is 0 Å². The third kappa shape index (κ3) is 2.49. The van der Waals surface area contributed by atoms with E-state index >= 15 is 0 Å². The first-order chi connectivity index (χ1) is 11.9. The molecule has 1 aliphatic carbocycles. The SMILES string of the molecule is CCCC1=C(c2ccccc2)c2ccccc2C1c1ccccc1. The van der Waals surface area contributed by atoms with Crippen LogP contribution in [0.25, 0.3) is 5.57 Å². The van der Waals surface area contributed by atoms with Crippen LogP contribution in [0.4, 0.5) is 0 Å². The maximum atomic E-state index is 2.30. The largest absolute Gasteiger partial charge is 0.0651 e. The average Bonchev–Trinajstić information content (AvgIpc) is 2.97. The third-order valence-electron chi connectivity index (χ3n) is 4.93. The topological polar surface area (TPSA) is 0 Å². The Morgan fingerprint density at radius 1 is 0.708 bits per heavy atom. The Balaban J connectivity index is 1.98. The number of allylic oxidation sites excluding steroid dienone is 1. The van der Waals surface area contributed by atoms with E-state index in [0.717, 1.165) is 6.42 Å². The van der Waals surface area contributed by atoms with Gasteiger partial charge in [0.2, 0.25) is 0 Å². The number of fused-ring (bicyclic) bond motifs is 1. The Labute approximate surface area is 144 Å². The Bertz CT molecular complexity index is 857. The van der Waals surface area contributed by atoms with Gasteiger partial charge in [0, 0.05) is 5.92 Å². The quantitative estimate of drug-likeness (QED) is 0.520. The van der Waals surface area contributed by atoms with Gasteiger partial charge in [-0.3, -0.25) is 0 Å². The van der Waals surface area contributed by atoms with E-state index < -0.39 is 0 Å². The van der Waals surface area contributed by atoms with Crippen LogP contribution in [-0.2, 0) is 0 Å². The molecule has 118 valence electrons. The fourth-order valence-electron chi connectivity index (χ4n) is 3.99. The molecule has 3 aromatic carbocycles. The highest BCUT2D eigenvalue weighted by Crippen LogP contribution is 2.49. The molecule has 4 rings (SSSR count). The summed E-state index contributed by atoms with van der Waals surface area (Å²) < 4.78 is 0. The zero-order valence-electron chi connectivity index (χ0n) is 14.1. The van der Waals surface area contributed by atoms with Gasteiger partial charge in [0.1, 0.15) is 0 Å². The molecule has 0 spiro atoms. The zero-order valence-corrected chi connectivity index (χ0v) is 14.1. The molecule has 0 saturated carbocycles. The maximum absolute atomic E-state index is 2.30. The average molecular weight is 310 g/mol. The predicted molar refractivity (Wildman–Crippen MR) is 102 cm³/mol. The van der Waals surface area contributed by atoms with Crippen molar-refractivity contribution in [3.05, 3.63) is 113 Å². The molecule has 0 heteroatoms. The molecule has 0 amide bonds. The molecular weight excluding hydrogens is 288 g/mol. The Morgan fingerprint density at radius 3 is 2.04 bits per heavy atom. The first kappa shape index (κ1) is 15.0. The summed E-state index contributed by atoms with van der Waals surface area (Å²) in [5, 5.41) is 0. The lowest BCUT2D eigenvalue weighted by molar-refractivity contribution is 0.827. The number of rotatable bonds is 4. The van der Waals surface area contributed by atoms with Gasteiger partial charge < -0.3 is 0 Å². The molecule has 1 atom stereocenters. The fraction of sp³-hybridized carbons (Fsp3) is 0.167. The van der Waals surface area contributed by atoms with Crippen molar-refractivity contribution in [1.82, 2.24) is 0 Å². The molecule has 1 unspecified atom stereocenters. The lowest BCUT2D eigenvalue weighted by Gasteiger charge is -2.17.